The lowest BCUT2D eigenvalue weighted by atomic mass is 9.63. The van der Waals surface area contributed by atoms with Crippen LogP contribution in [0, 0.1) is 5.41 Å². The minimum absolute atomic E-state index is 0.0868. The smallest absolute Gasteiger partial charge is 0.407 e. The summed E-state index contributed by atoms with van der Waals surface area (Å²) in [5, 5.41) is 5.80. The molecule has 0 spiro atoms. The zero-order chi connectivity index (χ0) is 19.0. The lowest BCUT2D eigenvalue weighted by Crippen LogP contribution is -2.66. The number of carbonyl (C=O) groups is 2. The Labute approximate surface area is 147 Å². The lowest BCUT2D eigenvalue weighted by molar-refractivity contribution is 0.0170. The van der Waals surface area contributed by atoms with Crippen molar-refractivity contribution in [1.82, 2.24) is 15.2 Å². The van der Waals surface area contributed by atoms with Gasteiger partial charge in [0.15, 0.2) is 0 Å². The quantitative estimate of drug-likeness (QED) is 0.871. The van der Waals surface area contributed by atoms with E-state index >= 15 is 0 Å². The van der Waals surface area contributed by atoms with E-state index < -0.39 is 11.7 Å². The molecule has 2 amide bonds. The van der Waals surface area contributed by atoms with Crippen molar-refractivity contribution < 1.29 is 14.3 Å². The highest BCUT2D eigenvalue weighted by atomic mass is 16.6. The van der Waals surface area contributed by atoms with Crippen LogP contribution in [0.5, 0.6) is 0 Å². The Balaban J connectivity index is 1.95. The number of carbonyl (C=O) groups excluding carboxylic acids is 2. The molecule has 1 aliphatic rings. The molecule has 0 bridgehead atoms. The molecule has 1 saturated carbocycles. The first-order valence-electron chi connectivity index (χ1n) is 8.37. The molecule has 7 heteroatoms. The van der Waals surface area contributed by atoms with Gasteiger partial charge in [-0.3, -0.25) is 9.59 Å². The third-order valence-corrected chi connectivity index (χ3v) is 4.63. The van der Waals surface area contributed by atoms with Crippen LogP contribution >= 0.6 is 0 Å². The van der Waals surface area contributed by atoms with Gasteiger partial charge in [0.05, 0.1) is 0 Å². The second kappa shape index (κ2) is 6.54. The molecule has 25 heavy (non-hydrogen) atoms. The van der Waals surface area contributed by atoms with E-state index in [1.807, 2.05) is 34.6 Å². The van der Waals surface area contributed by atoms with Gasteiger partial charge in [-0.2, -0.15) is 0 Å². The van der Waals surface area contributed by atoms with Gasteiger partial charge in [0.25, 0.3) is 11.5 Å². The van der Waals surface area contributed by atoms with Crippen LogP contribution in [-0.4, -0.2) is 34.3 Å². The molecule has 7 nitrogen and oxygen atoms in total. The first-order valence-corrected chi connectivity index (χ1v) is 8.37. The first kappa shape index (κ1) is 19.0. The maximum atomic E-state index is 12.3. The number of hydrogen-bond acceptors (Lipinski definition) is 4. The van der Waals surface area contributed by atoms with Crippen LogP contribution in [0.4, 0.5) is 4.79 Å². The van der Waals surface area contributed by atoms with Gasteiger partial charge in [-0.15, -0.1) is 0 Å². The fraction of sp³-hybridized carbons (Fsp3) is 0.611. The van der Waals surface area contributed by atoms with Gasteiger partial charge in [0, 0.05) is 42.4 Å². The van der Waals surface area contributed by atoms with Crippen molar-refractivity contribution in [1.29, 1.82) is 0 Å². The number of alkyl carbamates (subject to hydrolysis) is 1. The molecule has 1 heterocycles. The SMILES string of the molecule is Cn1ccc(C(=O)NC2CC(NC(=O)OC(C)(C)C)C2(C)C)cc1=O. The van der Waals surface area contributed by atoms with Crippen molar-refractivity contribution in [2.24, 2.45) is 12.5 Å². The van der Waals surface area contributed by atoms with Crippen molar-refractivity contribution in [2.75, 3.05) is 0 Å². The van der Waals surface area contributed by atoms with Gasteiger partial charge < -0.3 is 19.9 Å². The Morgan fingerprint density at radius 1 is 1.24 bits per heavy atom. The monoisotopic (exact) mass is 349 g/mol. The van der Waals surface area contributed by atoms with E-state index in [0.717, 1.165) is 0 Å². The summed E-state index contributed by atoms with van der Waals surface area (Å²) in [6.45, 7) is 9.39. The van der Waals surface area contributed by atoms with E-state index in [2.05, 4.69) is 10.6 Å². The normalized spacial score (nSPS) is 21.8. The van der Waals surface area contributed by atoms with E-state index in [9.17, 15) is 14.4 Å². The molecule has 0 saturated heterocycles. The Morgan fingerprint density at radius 2 is 1.84 bits per heavy atom. The third-order valence-electron chi connectivity index (χ3n) is 4.63. The Kier molecular flexibility index (Phi) is 4.97. The number of rotatable bonds is 3. The van der Waals surface area contributed by atoms with Crippen molar-refractivity contribution in [3.8, 4) is 0 Å². The van der Waals surface area contributed by atoms with E-state index in [1.54, 1.807) is 19.3 Å². The lowest BCUT2D eigenvalue weighted by Gasteiger charge is -2.52. The molecule has 2 N–H and O–H groups in total. The van der Waals surface area contributed by atoms with Crippen molar-refractivity contribution >= 4 is 12.0 Å². The van der Waals surface area contributed by atoms with E-state index in [0.29, 0.717) is 12.0 Å². The second-order valence-electron chi connectivity index (χ2n) is 8.15. The average Bonchev–Trinajstić information content (AvgIpc) is 2.47. The third kappa shape index (κ3) is 4.41. The molecular weight excluding hydrogens is 322 g/mol. The molecule has 2 unspecified atom stereocenters. The van der Waals surface area contributed by atoms with Gasteiger partial charge >= 0.3 is 6.09 Å². The number of nitrogens with zero attached hydrogens (tertiary/aromatic N) is 1. The highest BCUT2D eigenvalue weighted by Crippen LogP contribution is 2.40. The molecule has 2 atom stereocenters. The predicted octanol–water partition coefficient (Wildman–Crippen LogP) is 1.81. The molecule has 1 aromatic heterocycles. The molecule has 0 aromatic carbocycles. The molecule has 1 fully saturated rings. The van der Waals surface area contributed by atoms with Crippen LogP contribution in [0.25, 0.3) is 0 Å². The minimum atomic E-state index is -0.551. The van der Waals surface area contributed by atoms with Gasteiger partial charge in [0.1, 0.15) is 5.60 Å². The Morgan fingerprint density at radius 3 is 2.36 bits per heavy atom. The summed E-state index contributed by atoms with van der Waals surface area (Å²) in [6, 6.07) is 2.75. The van der Waals surface area contributed by atoms with E-state index in [1.165, 1.54) is 10.6 Å². The maximum absolute atomic E-state index is 12.3. The van der Waals surface area contributed by atoms with Crippen LogP contribution in [0.15, 0.2) is 23.1 Å². The highest BCUT2D eigenvalue weighted by Gasteiger charge is 2.50. The van der Waals surface area contributed by atoms with Gasteiger partial charge in [-0.05, 0) is 33.3 Å². The summed E-state index contributed by atoms with van der Waals surface area (Å²) < 4.78 is 6.68. The summed E-state index contributed by atoms with van der Waals surface area (Å²) in [7, 11) is 1.63. The molecule has 138 valence electrons. The number of aromatic nitrogens is 1. The summed E-state index contributed by atoms with van der Waals surface area (Å²) >= 11 is 0. The molecule has 1 aromatic rings. The largest absolute Gasteiger partial charge is 0.444 e. The van der Waals surface area contributed by atoms with Gasteiger partial charge in [-0.1, -0.05) is 13.8 Å². The average molecular weight is 349 g/mol. The molecule has 0 radical (unpaired) electrons. The second-order valence-corrected chi connectivity index (χ2v) is 8.15. The van der Waals surface area contributed by atoms with Gasteiger partial charge in [-0.25, -0.2) is 4.79 Å². The van der Waals surface area contributed by atoms with Crippen LogP contribution in [0.1, 0.15) is 51.4 Å². The topological polar surface area (TPSA) is 89.4 Å². The van der Waals surface area contributed by atoms with E-state index in [4.69, 9.17) is 4.74 Å². The standard InChI is InChI=1S/C18H27N3O4/c1-17(2,3)25-16(24)20-13-10-12(18(13,4)5)19-15(23)11-7-8-21(6)14(22)9-11/h7-9,12-13H,10H2,1-6H3,(H,19,23)(H,20,24). The molecular formula is C18H27N3O4. The highest BCUT2D eigenvalue weighted by molar-refractivity contribution is 5.94. The van der Waals surface area contributed by atoms with Crippen LogP contribution in [-0.2, 0) is 11.8 Å². The summed E-state index contributed by atoms with van der Waals surface area (Å²) in [5.74, 6) is -0.286. The Hall–Kier alpha value is -2.31. The fourth-order valence-corrected chi connectivity index (χ4v) is 2.80. The molecule has 2 rings (SSSR count). The van der Waals surface area contributed by atoms with Crippen molar-refractivity contribution in [3.05, 3.63) is 34.2 Å². The number of ether oxygens (including phenoxy) is 1. The van der Waals surface area contributed by atoms with E-state index in [-0.39, 0.29) is 29.0 Å². The van der Waals surface area contributed by atoms with Crippen LogP contribution in [0.2, 0.25) is 0 Å². The Bertz CT molecular complexity index is 731. The number of pyridine rings is 1. The predicted molar refractivity (Wildman–Crippen MR) is 94.5 cm³/mol. The number of amides is 2. The summed E-state index contributed by atoms with van der Waals surface area (Å²) in [4.78, 5) is 35.9. The molecule has 0 aliphatic heterocycles. The zero-order valence-electron chi connectivity index (χ0n) is 15.7. The minimum Gasteiger partial charge on any atom is -0.444 e. The van der Waals surface area contributed by atoms with Crippen LogP contribution in [0.3, 0.4) is 0 Å². The summed E-state index contributed by atoms with van der Waals surface area (Å²) in [6.07, 6.45) is 1.72. The maximum Gasteiger partial charge on any atom is 0.407 e. The first-order chi connectivity index (χ1) is 11.4. The van der Waals surface area contributed by atoms with Crippen molar-refractivity contribution in [2.45, 2.75) is 58.7 Å². The van der Waals surface area contributed by atoms with Gasteiger partial charge in [0.2, 0.25) is 0 Å². The number of hydrogen-bond donors (Lipinski definition) is 2. The zero-order valence-corrected chi connectivity index (χ0v) is 15.7. The summed E-state index contributed by atoms with van der Waals surface area (Å²) in [5.41, 5.74) is -0.760. The fourth-order valence-electron chi connectivity index (χ4n) is 2.80. The van der Waals surface area contributed by atoms with Crippen molar-refractivity contribution in [3.63, 3.8) is 0 Å². The number of nitrogens with one attached hydrogen (secondary N) is 2. The van der Waals surface area contributed by atoms with Crippen LogP contribution < -0.4 is 16.2 Å². The number of aryl methyl sites for hydroxylation is 1. The molecule has 1 aliphatic carbocycles.